The van der Waals surface area contributed by atoms with Crippen molar-refractivity contribution in [3.8, 4) is 0 Å². The first-order valence-electron chi connectivity index (χ1n) is 5.08. The molecular weight excluding hydrogens is 261 g/mol. The topological polar surface area (TPSA) is 49.3 Å². The van der Waals surface area contributed by atoms with Gasteiger partial charge in [0.25, 0.3) is 0 Å². The van der Waals surface area contributed by atoms with E-state index < -0.39 is 6.10 Å². The zero-order valence-corrected chi connectivity index (χ0v) is 10.8. The summed E-state index contributed by atoms with van der Waals surface area (Å²) < 4.78 is 0. The number of hydrogen-bond acceptors (Lipinski definition) is 2. The molecule has 1 atom stereocenters. The zero-order valence-electron chi connectivity index (χ0n) is 9.28. The minimum Gasteiger partial charge on any atom is -0.392 e. The normalized spacial score (nSPS) is 12.7. The summed E-state index contributed by atoms with van der Waals surface area (Å²) >= 11 is 11.9. The molecule has 0 aliphatic carbocycles. The summed E-state index contributed by atoms with van der Waals surface area (Å²) in [6.07, 6.45) is 2.30. The summed E-state index contributed by atoms with van der Waals surface area (Å²) in [7, 11) is 0. The van der Waals surface area contributed by atoms with E-state index in [-0.39, 0.29) is 12.5 Å². The molecule has 0 spiro atoms. The maximum atomic E-state index is 11.3. The van der Waals surface area contributed by atoms with Gasteiger partial charge in [0.2, 0.25) is 5.91 Å². The van der Waals surface area contributed by atoms with E-state index in [2.05, 4.69) is 5.32 Å². The van der Waals surface area contributed by atoms with Crippen molar-refractivity contribution < 1.29 is 9.90 Å². The van der Waals surface area contributed by atoms with Crippen LogP contribution in [0.3, 0.4) is 0 Å². The van der Waals surface area contributed by atoms with E-state index in [9.17, 15) is 4.79 Å². The van der Waals surface area contributed by atoms with E-state index in [1.807, 2.05) is 0 Å². The van der Waals surface area contributed by atoms with E-state index in [1.54, 1.807) is 31.2 Å². The van der Waals surface area contributed by atoms with Crippen molar-refractivity contribution in [3.05, 3.63) is 39.9 Å². The van der Waals surface area contributed by atoms with Gasteiger partial charge in [0.15, 0.2) is 0 Å². The number of benzene rings is 1. The molecule has 2 N–H and O–H groups in total. The Morgan fingerprint density at radius 1 is 1.47 bits per heavy atom. The Kier molecular flexibility index (Phi) is 5.48. The monoisotopic (exact) mass is 273 g/mol. The maximum Gasteiger partial charge on any atom is 0.244 e. The highest BCUT2D eigenvalue weighted by molar-refractivity contribution is 6.37. The van der Waals surface area contributed by atoms with Crippen molar-refractivity contribution in [3.63, 3.8) is 0 Å². The van der Waals surface area contributed by atoms with Gasteiger partial charge in [0.05, 0.1) is 6.10 Å². The molecule has 1 aromatic carbocycles. The summed E-state index contributed by atoms with van der Waals surface area (Å²) in [6.45, 7) is 1.80. The molecule has 92 valence electrons. The number of amides is 1. The second kappa shape index (κ2) is 6.64. The van der Waals surface area contributed by atoms with E-state index in [4.69, 9.17) is 28.3 Å². The first kappa shape index (κ1) is 14.0. The Morgan fingerprint density at radius 3 is 2.59 bits per heavy atom. The van der Waals surface area contributed by atoms with Crippen molar-refractivity contribution in [1.82, 2.24) is 5.32 Å². The van der Waals surface area contributed by atoms with Crippen LogP contribution >= 0.6 is 23.2 Å². The van der Waals surface area contributed by atoms with Crippen molar-refractivity contribution in [2.45, 2.75) is 13.0 Å². The minimum absolute atomic E-state index is 0.208. The van der Waals surface area contributed by atoms with E-state index in [1.165, 1.54) is 6.08 Å². The third-order valence-electron chi connectivity index (χ3n) is 1.97. The van der Waals surface area contributed by atoms with Gasteiger partial charge in [-0.3, -0.25) is 4.79 Å². The standard InChI is InChI=1S/C12H13Cl2NO2/c1-8(16)7-15-12(17)6-5-9-10(13)3-2-4-11(9)14/h2-6,8,16H,7H2,1H3,(H,15,17)/b6-5+. The second-order valence-electron chi connectivity index (χ2n) is 3.56. The van der Waals surface area contributed by atoms with Crippen molar-refractivity contribution in [2.75, 3.05) is 6.54 Å². The second-order valence-corrected chi connectivity index (χ2v) is 4.38. The highest BCUT2D eigenvalue weighted by Gasteiger charge is 2.03. The zero-order chi connectivity index (χ0) is 12.8. The van der Waals surface area contributed by atoms with Crippen LogP contribution in [-0.4, -0.2) is 23.7 Å². The summed E-state index contributed by atoms with van der Waals surface area (Å²) in [5.41, 5.74) is 0.600. The molecule has 0 saturated heterocycles. The van der Waals surface area contributed by atoms with Crippen LogP contribution < -0.4 is 5.32 Å². The molecule has 17 heavy (non-hydrogen) atoms. The molecule has 0 heterocycles. The smallest absolute Gasteiger partial charge is 0.244 e. The fourth-order valence-corrected chi connectivity index (χ4v) is 1.66. The van der Waals surface area contributed by atoms with Gasteiger partial charge in [-0.25, -0.2) is 0 Å². The summed E-state index contributed by atoms with van der Waals surface area (Å²) in [4.78, 5) is 11.3. The SMILES string of the molecule is CC(O)CNC(=O)/C=C/c1c(Cl)cccc1Cl. The first-order chi connectivity index (χ1) is 8.00. The highest BCUT2D eigenvalue weighted by Crippen LogP contribution is 2.25. The average molecular weight is 274 g/mol. The van der Waals surface area contributed by atoms with Crippen LogP contribution in [0.4, 0.5) is 0 Å². The van der Waals surface area contributed by atoms with Gasteiger partial charge in [0, 0.05) is 28.2 Å². The number of carbonyl (C=O) groups excluding carboxylic acids is 1. The number of hydrogen-bond donors (Lipinski definition) is 2. The van der Waals surface area contributed by atoms with Gasteiger partial charge in [-0.1, -0.05) is 29.3 Å². The van der Waals surface area contributed by atoms with Gasteiger partial charge in [-0.15, -0.1) is 0 Å². The number of halogens is 2. The largest absolute Gasteiger partial charge is 0.392 e. The van der Waals surface area contributed by atoms with Crippen LogP contribution in [0.15, 0.2) is 24.3 Å². The molecule has 0 aliphatic heterocycles. The van der Waals surface area contributed by atoms with Gasteiger partial charge < -0.3 is 10.4 Å². The first-order valence-corrected chi connectivity index (χ1v) is 5.84. The molecule has 0 fully saturated rings. The summed E-state index contributed by atoms with van der Waals surface area (Å²) in [5, 5.41) is 12.5. The Balaban J connectivity index is 2.67. The van der Waals surface area contributed by atoms with Crippen molar-refractivity contribution in [1.29, 1.82) is 0 Å². The molecule has 0 aliphatic rings. The number of carbonyl (C=O) groups is 1. The Bertz CT molecular complexity index is 410. The predicted octanol–water partition coefficient (Wildman–Crippen LogP) is 2.50. The quantitative estimate of drug-likeness (QED) is 0.829. The molecule has 0 saturated carbocycles. The van der Waals surface area contributed by atoms with E-state index >= 15 is 0 Å². The molecule has 5 heteroatoms. The van der Waals surface area contributed by atoms with Crippen molar-refractivity contribution in [2.24, 2.45) is 0 Å². The van der Waals surface area contributed by atoms with Gasteiger partial charge in [-0.05, 0) is 25.1 Å². The van der Waals surface area contributed by atoms with Crippen LogP contribution in [0.25, 0.3) is 6.08 Å². The molecule has 1 aromatic rings. The number of rotatable bonds is 4. The molecule has 0 radical (unpaired) electrons. The maximum absolute atomic E-state index is 11.3. The van der Waals surface area contributed by atoms with Crippen LogP contribution in [0.5, 0.6) is 0 Å². The molecular formula is C12H13Cl2NO2. The van der Waals surface area contributed by atoms with Gasteiger partial charge >= 0.3 is 0 Å². The van der Waals surface area contributed by atoms with Gasteiger partial charge in [-0.2, -0.15) is 0 Å². The van der Waals surface area contributed by atoms with Crippen LogP contribution in [-0.2, 0) is 4.79 Å². The van der Waals surface area contributed by atoms with Crippen molar-refractivity contribution >= 4 is 35.2 Å². The Morgan fingerprint density at radius 2 is 2.06 bits per heavy atom. The third-order valence-corrected chi connectivity index (χ3v) is 2.63. The Labute approximate surface area is 110 Å². The number of aliphatic hydroxyl groups excluding tert-OH is 1. The fourth-order valence-electron chi connectivity index (χ4n) is 1.14. The van der Waals surface area contributed by atoms with Gasteiger partial charge in [0.1, 0.15) is 0 Å². The fraction of sp³-hybridized carbons (Fsp3) is 0.250. The number of nitrogens with one attached hydrogen (secondary N) is 1. The lowest BCUT2D eigenvalue weighted by Gasteiger charge is -2.04. The highest BCUT2D eigenvalue weighted by atomic mass is 35.5. The van der Waals surface area contributed by atoms with Crippen LogP contribution in [0.2, 0.25) is 10.0 Å². The minimum atomic E-state index is -0.573. The lowest BCUT2D eigenvalue weighted by Crippen LogP contribution is -2.28. The molecule has 1 amide bonds. The van der Waals surface area contributed by atoms with Crippen LogP contribution in [0.1, 0.15) is 12.5 Å². The summed E-state index contributed by atoms with van der Waals surface area (Å²) in [6, 6.07) is 5.12. The summed E-state index contributed by atoms with van der Waals surface area (Å²) in [5.74, 6) is -0.304. The molecule has 3 nitrogen and oxygen atoms in total. The molecule has 0 aromatic heterocycles. The Hall–Kier alpha value is -1.03. The number of aliphatic hydroxyl groups is 1. The lowest BCUT2D eigenvalue weighted by molar-refractivity contribution is -0.116. The predicted molar refractivity (Wildman–Crippen MR) is 70.2 cm³/mol. The average Bonchev–Trinajstić information content (AvgIpc) is 2.25. The molecule has 1 unspecified atom stereocenters. The third kappa shape index (κ3) is 4.77. The lowest BCUT2D eigenvalue weighted by atomic mass is 10.2. The van der Waals surface area contributed by atoms with E-state index in [0.717, 1.165) is 0 Å². The van der Waals surface area contributed by atoms with Crippen LogP contribution in [0, 0.1) is 0 Å². The molecule has 0 bridgehead atoms. The van der Waals surface area contributed by atoms with E-state index in [0.29, 0.717) is 15.6 Å². The molecule has 1 rings (SSSR count).